The molecule has 0 bridgehead atoms. The maximum Gasteiger partial charge on any atom is 3.00 e. The first-order chi connectivity index (χ1) is 48.6. The van der Waals surface area contributed by atoms with E-state index in [9.17, 15) is 8.78 Å². The number of para-hydroxylation sites is 3. The Balaban J connectivity index is 0.000000617. The van der Waals surface area contributed by atoms with E-state index in [0.29, 0.717) is 22.8 Å². The third kappa shape index (κ3) is 34.2. The van der Waals surface area contributed by atoms with Gasteiger partial charge in [-0.15, -0.1) is 143 Å². The molecule has 0 fully saturated rings. The van der Waals surface area contributed by atoms with Gasteiger partial charge in [-0.25, -0.2) is 0 Å². The van der Waals surface area contributed by atoms with E-state index < -0.39 is 11.6 Å². The van der Waals surface area contributed by atoms with E-state index in [0.717, 1.165) is 84.6 Å². The number of aromatic nitrogens is 4. The Labute approximate surface area is 678 Å². The summed E-state index contributed by atoms with van der Waals surface area (Å²) in [4.78, 5) is 22.0. The number of halogens is 2. The summed E-state index contributed by atoms with van der Waals surface area (Å²) in [6, 6.07) is 89.7. The molecule has 0 amide bonds. The number of pyridine rings is 4. The maximum atomic E-state index is 13.8. The molecule has 106 heavy (non-hydrogen) atoms. The second kappa shape index (κ2) is 51.2. The van der Waals surface area contributed by atoms with Crippen molar-refractivity contribution in [2.45, 2.75) is 69.7 Å². The van der Waals surface area contributed by atoms with Gasteiger partial charge < -0.3 is 53.7 Å². The Morgan fingerprint density at radius 2 is 0.972 bits per heavy atom. The monoisotopic (exact) mass is 2120 g/mol. The molecule has 0 spiro atoms. The van der Waals surface area contributed by atoms with E-state index in [1.54, 1.807) is 27.0 Å². The van der Waals surface area contributed by atoms with Crippen molar-refractivity contribution >= 4 is 77.6 Å². The van der Waals surface area contributed by atoms with Crippen LogP contribution in [0.5, 0.6) is 0 Å². The van der Waals surface area contributed by atoms with Crippen molar-refractivity contribution in [3.05, 3.63) is 389 Å². The van der Waals surface area contributed by atoms with Crippen molar-refractivity contribution in [3.63, 3.8) is 0 Å². The van der Waals surface area contributed by atoms with Gasteiger partial charge in [-0.05, 0) is 94.4 Å². The molecule has 3 N–H and O–H groups in total. The van der Waals surface area contributed by atoms with Gasteiger partial charge in [-0.1, -0.05) is 207 Å². The van der Waals surface area contributed by atoms with Crippen LogP contribution in [-0.2, 0) is 80.4 Å². The Morgan fingerprint density at radius 3 is 1.55 bits per heavy atom. The summed E-state index contributed by atoms with van der Waals surface area (Å²) < 4.78 is 26.6. The predicted molar refractivity (Wildman–Crippen MR) is 429 cm³/mol. The Hall–Kier alpha value is -10.1. The summed E-state index contributed by atoms with van der Waals surface area (Å²) in [5.74, 6) is -1.30. The molecular weight excluding hydrogens is 2030 g/mol. The molecule has 4 aromatic heterocycles. The number of allylic oxidation sites excluding steroid dienone is 8. The van der Waals surface area contributed by atoms with Gasteiger partial charge in [0, 0.05) is 56.0 Å². The first-order valence-corrected chi connectivity index (χ1v) is 32.0. The van der Waals surface area contributed by atoms with Crippen LogP contribution < -0.4 is 0 Å². The molecule has 0 aliphatic carbocycles. The molecule has 0 unspecified atom stereocenters. The fourth-order valence-corrected chi connectivity index (χ4v) is 9.48. The number of hydrogen-bond donors (Lipinski definition) is 0. The van der Waals surface area contributed by atoms with Gasteiger partial charge in [-0.3, -0.25) is 18.8 Å². The molecule has 1 radical (unpaired) electrons. The van der Waals surface area contributed by atoms with Crippen LogP contribution in [0.25, 0.3) is 116 Å². The zero-order valence-corrected chi connectivity index (χ0v) is 68.8. The van der Waals surface area contributed by atoms with E-state index in [1.165, 1.54) is 60.7 Å². The van der Waals surface area contributed by atoms with Crippen LogP contribution in [0.15, 0.2) is 313 Å². The van der Waals surface area contributed by atoms with Gasteiger partial charge >= 0.3 is 60.3 Å². The Morgan fingerprint density at radius 1 is 0.472 bits per heavy atom. The zero-order valence-electron chi connectivity index (χ0n) is 59.2. The summed E-state index contributed by atoms with van der Waals surface area (Å²) in [5, 5.41) is 36.3. The topological polar surface area (TPSA) is 216 Å². The average molecular weight is 2110 g/mol. The smallest absolute Gasteiger partial charge is 0.808 e. The minimum atomic E-state index is -0.654. The number of aryl methyl sites for hydroxylation is 1. The van der Waals surface area contributed by atoms with Crippen LogP contribution in [0.1, 0.15) is 68.4 Å². The molecule has 18 heteroatoms. The number of nitrogens with zero attached hydrogens (tertiary/aromatic N) is 9. The predicted octanol–water partition coefficient (Wildman–Crippen LogP) is 25.7. The van der Waals surface area contributed by atoms with Crippen LogP contribution in [0.4, 0.5) is 20.2 Å². The SMILES string of the molecule is C.CC(=CC(C)=Nc1ccccc1)[N-]c1ccccc1.CC(=[N-])C=C(C)[NH-].CC(=[N-])C=C(C)[NH-].CC(=[N-])C=C(C)[NH-].Cc1cccnc1-c1[c-]cccc1.Fc1c[c-]c(-c2nccc3ccccc23)c(F)c1.[Ir+3].[Ir+3].[Ir+3].[Ir].[c-]1cccc2ccc3cccnc3c12.[c-]1ccccc1-c1ccc2ccccc2n1. The average Bonchev–Trinajstić information content (AvgIpc) is 0.808. The number of fused-ring (bicyclic) bond motifs is 5. The third-order valence-corrected chi connectivity index (χ3v) is 13.5. The van der Waals surface area contributed by atoms with E-state index in [-0.39, 0.29) is 111 Å². The van der Waals surface area contributed by atoms with Crippen molar-refractivity contribution in [2.75, 3.05) is 0 Å². The van der Waals surface area contributed by atoms with Gasteiger partial charge in [0.2, 0.25) is 0 Å². The van der Waals surface area contributed by atoms with Crippen LogP contribution in [0, 0.1) is 42.8 Å². The maximum absolute atomic E-state index is 13.8. The first kappa shape index (κ1) is 93.9. The summed E-state index contributed by atoms with van der Waals surface area (Å²) in [6.07, 6.45) is 11.4. The van der Waals surface area contributed by atoms with Crippen molar-refractivity contribution in [1.82, 2.24) is 19.9 Å². The minimum absolute atomic E-state index is 0. The van der Waals surface area contributed by atoms with Crippen LogP contribution in [-0.4, -0.2) is 42.8 Å². The number of nitrogens with one attached hydrogen (secondary N) is 3. The van der Waals surface area contributed by atoms with Gasteiger partial charge in [0.25, 0.3) is 0 Å². The molecule has 13 aromatic rings. The molecule has 4 heterocycles. The van der Waals surface area contributed by atoms with E-state index >= 15 is 0 Å². The van der Waals surface area contributed by atoms with Crippen LogP contribution in [0.3, 0.4) is 0 Å². The zero-order chi connectivity index (χ0) is 72.9. The van der Waals surface area contributed by atoms with Crippen molar-refractivity contribution < 1.29 is 89.2 Å². The van der Waals surface area contributed by atoms with Gasteiger partial charge in [0.15, 0.2) is 0 Å². The normalized spacial score (nSPS) is 10.5. The molecule has 12 nitrogen and oxygen atoms in total. The fourth-order valence-electron chi connectivity index (χ4n) is 9.48. The summed E-state index contributed by atoms with van der Waals surface area (Å²) >= 11 is 0. The van der Waals surface area contributed by atoms with Gasteiger partial charge in [-0.2, -0.15) is 39.9 Å². The number of hydrogen-bond acceptors (Lipinski definition) is 5. The standard InChI is InChI=1S/C17H17N2.C15H8F2N.C15H10N.C13H8N.C12H10N.3C5H8N2.CH4.4Ir/c1-14(18-16-9-5-3-6-10-16)13-15(2)19-17-11-7-4-8-12-17;16-11-5-6-13(14(17)9-11)15-12-4-2-1-3-10(12)7-8-18-15;1-2-6-12(7-3-1)15-11-10-13-8-4-5-9-14(13)16-15;1-2-6-12-10(4-1)7-8-11-5-3-9-14-13(11)12;1-10-6-5-9-13-12(10)11-7-3-2-4-8-11;3*1-4(6)3-5(2)7;;;;;/h3-13H,1-2H3;1-5,7-9H;1-6,8-11H;1-5,7-9H;2-7,9H,1H3;3*3,6H,1-2H3;1H4;;;;/q5*-1;3*-2;;;3*+3. The Kier molecular flexibility index (Phi) is 45.3. The summed E-state index contributed by atoms with van der Waals surface area (Å²) in [6.45, 7) is 15.5. The van der Waals surface area contributed by atoms with Crippen LogP contribution in [0.2, 0.25) is 0 Å². The molecule has 545 valence electrons. The second-order valence-electron chi connectivity index (χ2n) is 22.5. The number of rotatable bonds is 10. The molecule has 0 atom stereocenters. The molecule has 9 aromatic carbocycles. The van der Waals surface area contributed by atoms with Gasteiger partial charge in [0.1, 0.15) is 0 Å². The number of benzene rings is 9. The van der Waals surface area contributed by atoms with Crippen molar-refractivity contribution in [2.24, 2.45) is 4.99 Å². The molecular formula is C88H81F2Ir4N12-2. The largest absolute Gasteiger partial charge is 3.00 e. The Bertz CT molecular complexity index is 4840. The summed E-state index contributed by atoms with van der Waals surface area (Å²) in [5.41, 5.74) is 33.9. The molecule has 0 aliphatic heterocycles. The van der Waals surface area contributed by atoms with E-state index in [4.69, 9.17) is 33.4 Å². The third-order valence-electron chi connectivity index (χ3n) is 13.5. The molecule has 0 saturated carbocycles. The van der Waals surface area contributed by atoms with Crippen molar-refractivity contribution in [3.8, 4) is 33.8 Å². The second-order valence-corrected chi connectivity index (χ2v) is 22.5. The quantitative estimate of drug-likeness (QED) is 0.0741. The van der Waals surface area contributed by atoms with E-state index in [2.05, 4.69) is 104 Å². The van der Waals surface area contributed by atoms with Crippen LogP contribution >= 0.6 is 0 Å². The van der Waals surface area contributed by atoms with Crippen molar-refractivity contribution in [1.29, 1.82) is 0 Å². The molecule has 0 saturated heterocycles. The first-order valence-electron chi connectivity index (χ1n) is 32.0. The molecule has 0 aliphatic rings. The fraction of sp³-hybridized carbons (Fsp3) is 0.114. The van der Waals surface area contributed by atoms with Gasteiger partial charge in [0.05, 0.1) is 11.2 Å². The summed E-state index contributed by atoms with van der Waals surface area (Å²) in [7, 11) is 0. The minimum Gasteiger partial charge on any atom is -0.808 e. The van der Waals surface area contributed by atoms with E-state index in [1.807, 2.05) is 220 Å². The molecule has 13 rings (SSSR count). The number of aliphatic imine (C=N–C) groups is 1.